The van der Waals surface area contributed by atoms with Crippen LogP contribution in [0, 0.1) is 0 Å². The highest BCUT2D eigenvalue weighted by Crippen LogP contribution is 2.38. The van der Waals surface area contributed by atoms with Crippen LogP contribution in [0.15, 0.2) is 67.8 Å². The van der Waals surface area contributed by atoms with E-state index in [1.807, 2.05) is 26.0 Å². The number of allylic oxidation sites excluding steroid dienone is 2. The predicted molar refractivity (Wildman–Crippen MR) is 90.8 cm³/mol. The van der Waals surface area contributed by atoms with E-state index < -0.39 is 0 Å². The standard InChI is InChI=1S/C13H11N.2C3H6/c14-13-7-3-6-11-10-5-2-1-4-9(10)8-12(11)13;2*1-3-2/h1-7H,8,14H2;2*3H,1H2,2H3. The van der Waals surface area contributed by atoms with Crippen molar-refractivity contribution in [3.05, 3.63) is 78.9 Å². The number of fused-ring (bicyclic) bond motifs is 3. The van der Waals surface area contributed by atoms with Gasteiger partial charge in [0.1, 0.15) is 0 Å². The molecule has 1 nitrogen and oxygen atoms in total. The van der Waals surface area contributed by atoms with Crippen molar-refractivity contribution in [2.75, 3.05) is 5.73 Å². The molecule has 0 aliphatic heterocycles. The zero-order chi connectivity index (χ0) is 15.0. The Morgan fingerprint density at radius 3 is 2.10 bits per heavy atom. The first-order chi connectivity index (χ1) is 9.69. The van der Waals surface area contributed by atoms with Gasteiger partial charge in [0, 0.05) is 12.1 Å². The summed E-state index contributed by atoms with van der Waals surface area (Å²) in [5, 5.41) is 0. The number of nitrogens with two attached hydrogens (primary N) is 1. The van der Waals surface area contributed by atoms with Crippen LogP contribution < -0.4 is 5.73 Å². The Hall–Kier alpha value is -2.28. The SMILES string of the molecule is C=CC.C=CC.Nc1cccc2c1Cc1ccccc1-2. The van der Waals surface area contributed by atoms with E-state index in [0.29, 0.717) is 0 Å². The Kier molecular flexibility index (Phi) is 6.31. The van der Waals surface area contributed by atoms with Gasteiger partial charge < -0.3 is 5.73 Å². The van der Waals surface area contributed by atoms with Crippen molar-refractivity contribution in [2.45, 2.75) is 20.3 Å². The first kappa shape index (κ1) is 15.8. The van der Waals surface area contributed by atoms with Gasteiger partial charge in [0.25, 0.3) is 0 Å². The minimum atomic E-state index is 0.915. The van der Waals surface area contributed by atoms with Gasteiger partial charge in [0.2, 0.25) is 0 Å². The molecule has 1 aliphatic carbocycles. The molecule has 1 aliphatic rings. The second kappa shape index (κ2) is 8.00. The lowest BCUT2D eigenvalue weighted by molar-refractivity contribution is 1.27. The lowest BCUT2D eigenvalue weighted by atomic mass is 10.1. The van der Waals surface area contributed by atoms with Crippen molar-refractivity contribution >= 4 is 5.69 Å². The van der Waals surface area contributed by atoms with E-state index in [1.165, 1.54) is 22.3 Å². The molecule has 0 bridgehead atoms. The lowest BCUT2D eigenvalue weighted by Crippen LogP contribution is -1.91. The average molecular weight is 265 g/mol. The third kappa shape index (κ3) is 3.61. The quantitative estimate of drug-likeness (QED) is 0.437. The van der Waals surface area contributed by atoms with E-state index in [-0.39, 0.29) is 0 Å². The van der Waals surface area contributed by atoms with Crippen molar-refractivity contribution in [3.63, 3.8) is 0 Å². The lowest BCUT2D eigenvalue weighted by Gasteiger charge is -2.02. The van der Waals surface area contributed by atoms with E-state index in [9.17, 15) is 0 Å². The van der Waals surface area contributed by atoms with Crippen molar-refractivity contribution in [3.8, 4) is 11.1 Å². The maximum atomic E-state index is 5.95. The summed E-state index contributed by atoms with van der Waals surface area (Å²) in [5.74, 6) is 0. The highest BCUT2D eigenvalue weighted by molar-refractivity contribution is 5.81. The molecule has 2 aromatic rings. The third-order valence-corrected chi connectivity index (χ3v) is 2.89. The number of nitrogen functional groups attached to an aromatic ring is 1. The number of rotatable bonds is 0. The molecule has 0 saturated heterocycles. The zero-order valence-corrected chi connectivity index (χ0v) is 12.4. The first-order valence-electron chi connectivity index (χ1n) is 6.79. The van der Waals surface area contributed by atoms with E-state index in [1.54, 1.807) is 12.2 Å². The first-order valence-corrected chi connectivity index (χ1v) is 6.79. The fourth-order valence-electron chi connectivity index (χ4n) is 2.18. The number of hydrogen-bond acceptors (Lipinski definition) is 1. The molecule has 0 amide bonds. The van der Waals surface area contributed by atoms with Gasteiger partial charge in [-0.15, -0.1) is 13.2 Å². The van der Waals surface area contributed by atoms with E-state index in [2.05, 4.69) is 43.5 Å². The van der Waals surface area contributed by atoms with Crippen LogP contribution in [0.4, 0.5) is 5.69 Å². The molecule has 104 valence electrons. The van der Waals surface area contributed by atoms with Gasteiger partial charge in [-0.1, -0.05) is 48.6 Å². The maximum absolute atomic E-state index is 5.95. The molecular formula is C19H23N. The summed E-state index contributed by atoms with van der Waals surface area (Å²) < 4.78 is 0. The minimum Gasteiger partial charge on any atom is -0.398 e. The monoisotopic (exact) mass is 265 g/mol. The Morgan fingerprint density at radius 2 is 1.45 bits per heavy atom. The molecule has 0 saturated carbocycles. The third-order valence-electron chi connectivity index (χ3n) is 2.89. The zero-order valence-electron chi connectivity index (χ0n) is 12.4. The summed E-state index contributed by atoms with van der Waals surface area (Å²) in [4.78, 5) is 0. The summed E-state index contributed by atoms with van der Waals surface area (Å²) in [5.41, 5.74) is 12.2. The fourth-order valence-corrected chi connectivity index (χ4v) is 2.18. The van der Waals surface area contributed by atoms with Crippen LogP contribution in [0.2, 0.25) is 0 Å². The Labute approximate surface area is 122 Å². The van der Waals surface area contributed by atoms with Gasteiger partial charge in [-0.3, -0.25) is 0 Å². The molecule has 0 unspecified atom stereocenters. The van der Waals surface area contributed by atoms with Crippen LogP contribution in [0.25, 0.3) is 11.1 Å². The molecule has 2 N–H and O–H groups in total. The molecule has 3 rings (SSSR count). The van der Waals surface area contributed by atoms with Crippen LogP contribution in [0.5, 0.6) is 0 Å². The molecule has 2 aromatic carbocycles. The molecule has 0 spiro atoms. The van der Waals surface area contributed by atoms with Gasteiger partial charge in [-0.2, -0.15) is 0 Å². The van der Waals surface area contributed by atoms with Crippen LogP contribution >= 0.6 is 0 Å². The van der Waals surface area contributed by atoms with Crippen molar-refractivity contribution < 1.29 is 0 Å². The smallest absolute Gasteiger partial charge is 0.0356 e. The van der Waals surface area contributed by atoms with Crippen molar-refractivity contribution in [2.24, 2.45) is 0 Å². The second-order valence-corrected chi connectivity index (χ2v) is 4.52. The van der Waals surface area contributed by atoms with E-state index >= 15 is 0 Å². The molecule has 0 fully saturated rings. The summed E-state index contributed by atoms with van der Waals surface area (Å²) in [6.45, 7) is 10.5. The molecule has 0 atom stereocenters. The Balaban J connectivity index is 0.000000290. The summed E-state index contributed by atoms with van der Waals surface area (Å²) in [7, 11) is 0. The van der Waals surface area contributed by atoms with E-state index in [0.717, 1.165) is 12.1 Å². The highest BCUT2D eigenvalue weighted by atomic mass is 14.6. The van der Waals surface area contributed by atoms with Gasteiger partial charge in [0.15, 0.2) is 0 Å². The van der Waals surface area contributed by atoms with Crippen molar-refractivity contribution in [1.29, 1.82) is 0 Å². The molecule has 0 aromatic heterocycles. The average Bonchev–Trinajstić information content (AvgIpc) is 2.81. The fraction of sp³-hybridized carbons (Fsp3) is 0.158. The molecule has 20 heavy (non-hydrogen) atoms. The van der Waals surface area contributed by atoms with E-state index in [4.69, 9.17) is 5.73 Å². The summed E-state index contributed by atoms with van der Waals surface area (Å²) in [6.07, 6.45) is 4.48. The van der Waals surface area contributed by atoms with Gasteiger partial charge >= 0.3 is 0 Å². The summed E-state index contributed by atoms with van der Waals surface area (Å²) in [6, 6.07) is 14.7. The largest absolute Gasteiger partial charge is 0.398 e. The van der Waals surface area contributed by atoms with Crippen LogP contribution in [0.1, 0.15) is 25.0 Å². The van der Waals surface area contributed by atoms with Crippen LogP contribution in [-0.2, 0) is 6.42 Å². The number of anilines is 1. The molecule has 0 heterocycles. The topological polar surface area (TPSA) is 26.0 Å². The van der Waals surface area contributed by atoms with Crippen LogP contribution in [0.3, 0.4) is 0 Å². The van der Waals surface area contributed by atoms with Crippen LogP contribution in [-0.4, -0.2) is 0 Å². The predicted octanol–water partition coefficient (Wildman–Crippen LogP) is 5.22. The Morgan fingerprint density at radius 1 is 0.900 bits per heavy atom. The maximum Gasteiger partial charge on any atom is 0.0356 e. The minimum absolute atomic E-state index is 0.915. The molecular weight excluding hydrogens is 242 g/mol. The summed E-state index contributed by atoms with van der Waals surface area (Å²) >= 11 is 0. The Bertz CT molecular complexity index is 576. The van der Waals surface area contributed by atoms with Gasteiger partial charge in [-0.05, 0) is 42.2 Å². The normalized spacial score (nSPS) is 9.90. The molecule has 1 heteroatoms. The van der Waals surface area contributed by atoms with Gasteiger partial charge in [0.05, 0.1) is 0 Å². The van der Waals surface area contributed by atoms with Gasteiger partial charge in [-0.25, -0.2) is 0 Å². The second-order valence-electron chi connectivity index (χ2n) is 4.52. The molecule has 0 radical (unpaired) electrons. The number of benzene rings is 2. The highest BCUT2D eigenvalue weighted by Gasteiger charge is 2.18. The number of hydrogen-bond donors (Lipinski definition) is 1. The van der Waals surface area contributed by atoms with Crippen molar-refractivity contribution in [1.82, 2.24) is 0 Å².